The zero-order chi connectivity index (χ0) is 13.2. The van der Waals surface area contributed by atoms with Crippen LogP contribution in [0.15, 0.2) is 35.7 Å². The highest BCUT2D eigenvalue weighted by Gasteiger charge is 2.16. The highest BCUT2D eigenvalue weighted by molar-refractivity contribution is 7.18. The van der Waals surface area contributed by atoms with E-state index >= 15 is 0 Å². The molecule has 2 aromatic heterocycles. The van der Waals surface area contributed by atoms with Crippen LogP contribution in [-0.2, 0) is 6.42 Å². The van der Waals surface area contributed by atoms with E-state index in [0.717, 1.165) is 11.9 Å². The van der Waals surface area contributed by atoms with Gasteiger partial charge in [0.25, 0.3) is 0 Å². The number of rotatable bonds is 4. The van der Waals surface area contributed by atoms with Crippen molar-refractivity contribution in [2.75, 3.05) is 7.05 Å². The van der Waals surface area contributed by atoms with E-state index in [-0.39, 0.29) is 0 Å². The molecule has 0 radical (unpaired) electrons. The summed E-state index contributed by atoms with van der Waals surface area (Å²) in [5.41, 5.74) is 2.48. The van der Waals surface area contributed by atoms with Crippen LogP contribution in [0.2, 0.25) is 0 Å². The normalized spacial score (nSPS) is 12.9. The first-order valence-corrected chi connectivity index (χ1v) is 8.03. The minimum Gasteiger partial charge on any atom is -0.312 e. The van der Waals surface area contributed by atoms with Gasteiger partial charge in [-0.25, -0.2) is 4.98 Å². The third-order valence-corrected chi connectivity index (χ3v) is 5.47. The number of thiophene rings is 1. The van der Waals surface area contributed by atoms with Gasteiger partial charge in [-0.3, -0.25) is 0 Å². The number of nitrogens with zero attached hydrogens (tertiary/aromatic N) is 1. The number of likely N-dealkylation sites (N-methyl/N-ethyl adjacent to an activating group) is 1. The molecule has 1 N–H and O–H groups in total. The standard InChI is InChI=1S/C15H16N2S2/c1-10-7-8-18-15(10)12(16-2)9-14-17-11-5-3-4-6-13(11)19-14/h3-8,12,16H,9H2,1-2H3. The number of fused-ring (bicyclic) bond motifs is 1. The predicted octanol–water partition coefficient (Wildman–Crippen LogP) is 4.17. The maximum atomic E-state index is 4.72. The fraction of sp³-hybridized carbons (Fsp3) is 0.267. The summed E-state index contributed by atoms with van der Waals surface area (Å²) in [5.74, 6) is 0. The minimum atomic E-state index is 0.362. The third kappa shape index (κ3) is 2.56. The Balaban J connectivity index is 1.88. The molecule has 4 heteroatoms. The van der Waals surface area contributed by atoms with Gasteiger partial charge in [0.05, 0.1) is 15.2 Å². The maximum absolute atomic E-state index is 4.72. The molecular formula is C15H16N2S2. The van der Waals surface area contributed by atoms with Crippen LogP contribution >= 0.6 is 22.7 Å². The van der Waals surface area contributed by atoms with Crippen molar-refractivity contribution in [2.24, 2.45) is 0 Å². The molecule has 0 aliphatic heterocycles. The van der Waals surface area contributed by atoms with Gasteiger partial charge in [-0.1, -0.05) is 12.1 Å². The summed E-state index contributed by atoms with van der Waals surface area (Å²) in [5, 5.41) is 6.78. The molecule has 19 heavy (non-hydrogen) atoms. The summed E-state index contributed by atoms with van der Waals surface area (Å²) >= 11 is 3.62. The van der Waals surface area contributed by atoms with Crippen LogP contribution in [0.5, 0.6) is 0 Å². The zero-order valence-electron chi connectivity index (χ0n) is 11.0. The van der Waals surface area contributed by atoms with Crippen LogP contribution in [0.25, 0.3) is 10.2 Å². The van der Waals surface area contributed by atoms with Gasteiger partial charge in [-0.2, -0.15) is 0 Å². The smallest absolute Gasteiger partial charge is 0.0957 e. The molecule has 1 atom stereocenters. The van der Waals surface area contributed by atoms with Gasteiger partial charge in [-0.15, -0.1) is 22.7 Å². The second kappa shape index (κ2) is 5.41. The van der Waals surface area contributed by atoms with Gasteiger partial charge in [0, 0.05) is 17.3 Å². The van der Waals surface area contributed by atoms with E-state index in [9.17, 15) is 0 Å². The van der Waals surface area contributed by atoms with Gasteiger partial charge in [0.15, 0.2) is 0 Å². The number of thiazole rings is 1. The predicted molar refractivity (Wildman–Crippen MR) is 84.2 cm³/mol. The van der Waals surface area contributed by atoms with Crippen molar-refractivity contribution in [3.05, 3.63) is 51.2 Å². The summed E-state index contributed by atoms with van der Waals surface area (Å²) in [4.78, 5) is 6.14. The van der Waals surface area contributed by atoms with E-state index in [4.69, 9.17) is 4.98 Å². The summed E-state index contributed by atoms with van der Waals surface area (Å²) in [6.45, 7) is 2.18. The molecule has 1 aromatic carbocycles. The van der Waals surface area contributed by atoms with Crippen LogP contribution in [0.4, 0.5) is 0 Å². The Morgan fingerprint density at radius 3 is 2.79 bits per heavy atom. The number of hydrogen-bond acceptors (Lipinski definition) is 4. The van der Waals surface area contributed by atoms with E-state index in [1.54, 1.807) is 11.3 Å². The number of para-hydroxylation sites is 1. The Kier molecular flexibility index (Phi) is 3.64. The molecule has 2 heterocycles. The van der Waals surface area contributed by atoms with Crippen molar-refractivity contribution in [1.29, 1.82) is 0 Å². The number of nitrogens with one attached hydrogen (secondary N) is 1. The SMILES string of the molecule is CNC(Cc1nc2ccccc2s1)c1sccc1C. The molecule has 0 fully saturated rings. The fourth-order valence-electron chi connectivity index (χ4n) is 2.25. The minimum absolute atomic E-state index is 0.362. The highest BCUT2D eigenvalue weighted by Crippen LogP contribution is 2.29. The Bertz CT molecular complexity index is 651. The summed E-state index contributed by atoms with van der Waals surface area (Å²) in [6, 6.07) is 10.9. The number of hydrogen-bond donors (Lipinski definition) is 1. The lowest BCUT2D eigenvalue weighted by Gasteiger charge is -2.14. The Morgan fingerprint density at radius 2 is 2.11 bits per heavy atom. The average molecular weight is 288 g/mol. The topological polar surface area (TPSA) is 24.9 Å². The number of aromatic nitrogens is 1. The van der Waals surface area contributed by atoms with Gasteiger partial charge in [-0.05, 0) is 43.1 Å². The molecule has 1 unspecified atom stereocenters. The maximum Gasteiger partial charge on any atom is 0.0957 e. The molecule has 3 aromatic rings. The van der Waals surface area contributed by atoms with E-state index in [0.29, 0.717) is 6.04 Å². The van der Waals surface area contributed by atoms with Crippen molar-refractivity contribution in [2.45, 2.75) is 19.4 Å². The summed E-state index contributed by atoms with van der Waals surface area (Å²) in [6.07, 6.45) is 0.956. The summed E-state index contributed by atoms with van der Waals surface area (Å²) in [7, 11) is 2.02. The van der Waals surface area contributed by atoms with E-state index in [1.165, 1.54) is 20.1 Å². The molecule has 0 aliphatic carbocycles. The van der Waals surface area contributed by atoms with Crippen LogP contribution in [-0.4, -0.2) is 12.0 Å². The lowest BCUT2D eigenvalue weighted by Crippen LogP contribution is -2.18. The largest absolute Gasteiger partial charge is 0.312 e. The molecule has 0 saturated carbocycles. The number of benzene rings is 1. The Morgan fingerprint density at radius 1 is 1.26 bits per heavy atom. The van der Waals surface area contributed by atoms with E-state index in [1.807, 2.05) is 24.5 Å². The molecular weight excluding hydrogens is 272 g/mol. The first-order chi connectivity index (χ1) is 9.28. The van der Waals surface area contributed by atoms with Gasteiger partial charge >= 0.3 is 0 Å². The molecule has 0 bridgehead atoms. The molecule has 3 rings (SSSR count). The van der Waals surface area contributed by atoms with Crippen molar-refractivity contribution >= 4 is 32.9 Å². The van der Waals surface area contributed by atoms with E-state index in [2.05, 4.69) is 41.9 Å². The van der Waals surface area contributed by atoms with Crippen LogP contribution in [0.1, 0.15) is 21.5 Å². The highest BCUT2D eigenvalue weighted by atomic mass is 32.1. The zero-order valence-corrected chi connectivity index (χ0v) is 12.6. The second-order valence-corrected chi connectivity index (χ2v) is 6.65. The second-order valence-electron chi connectivity index (χ2n) is 4.59. The van der Waals surface area contributed by atoms with Crippen molar-refractivity contribution in [3.8, 4) is 0 Å². The van der Waals surface area contributed by atoms with Crippen molar-refractivity contribution in [1.82, 2.24) is 10.3 Å². The van der Waals surface area contributed by atoms with Crippen LogP contribution in [0.3, 0.4) is 0 Å². The van der Waals surface area contributed by atoms with Gasteiger partial charge in [0.1, 0.15) is 0 Å². The molecule has 0 spiro atoms. The summed E-state index contributed by atoms with van der Waals surface area (Å²) < 4.78 is 1.27. The molecule has 2 nitrogen and oxygen atoms in total. The molecule has 98 valence electrons. The van der Waals surface area contributed by atoms with Crippen molar-refractivity contribution < 1.29 is 0 Å². The average Bonchev–Trinajstić information content (AvgIpc) is 3.01. The lowest BCUT2D eigenvalue weighted by molar-refractivity contribution is 0.598. The fourth-order valence-corrected chi connectivity index (χ4v) is 4.30. The van der Waals surface area contributed by atoms with Crippen LogP contribution < -0.4 is 5.32 Å². The van der Waals surface area contributed by atoms with E-state index < -0.39 is 0 Å². The Hall–Kier alpha value is -1.23. The van der Waals surface area contributed by atoms with Gasteiger partial charge < -0.3 is 5.32 Å². The number of aryl methyl sites for hydroxylation is 1. The quantitative estimate of drug-likeness (QED) is 0.779. The monoisotopic (exact) mass is 288 g/mol. The first-order valence-electron chi connectivity index (χ1n) is 6.33. The molecule has 0 amide bonds. The molecule has 0 saturated heterocycles. The third-order valence-electron chi connectivity index (χ3n) is 3.28. The Labute approximate surface area is 121 Å². The van der Waals surface area contributed by atoms with Crippen molar-refractivity contribution in [3.63, 3.8) is 0 Å². The lowest BCUT2D eigenvalue weighted by atomic mass is 10.1. The van der Waals surface area contributed by atoms with Crippen LogP contribution in [0, 0.1) is 6.92 Å². The molecule has 0 aliphatic rings. The first kappa shape index (κ1) is 12.8. The van der Waals surface area contributed by atoms with Gasteiger partial charge in [0.2, 0.25) is 0 Å².